The van der Waals surface area contributed by atoms with Crippen molar-refractivity contribution in [1.82, 2.24) is 9.13 Å². The van der Waals surface area contributed by atoms with E-state index < -0.39 is 0 Å². The van der Waals surface area contributed by atoms with E-state index in [1.165, 1.54) is 92.7 Å². The highest BCUT2D eigenvalue weighted by molar-refractivity contribution is 6.28. The molecule has 11 aromatic rings. The zero-order valence-corrected chi connectivity index (χ0v) is 27.2. The number of benzene rings is 9. The summed E-state index contributed by atoms with van der Waals surface area (Å²) < 4.78 is 4.98. The third-order valence-corrected chi connectivity index (χ3v) is 10.6. The first kappa shape index (κ1) is 27.3. The van der Waals surface area contributed by atoms with E-state index >= 15 is 0 Å². The van der Waals surface area contributed by atoms with Crippen LogP contribution in [0.15, 0.2) is 182 Å². The fourth-order valence-electron chi connectivity index (χ4n) is 8.45. The van der Waals surface area contributed by atoms with Gasteiger partial charge in [0.25, 0.3) is 0 Å². The molecule has 0 N–H and O–H groups in total. The number of hydrogen-bond acceptors (Lipinski definition) is 0. The standard InChI is InChI=1S/C48H30N2/c1-3-13-31(14-4-1)35-27-34-17-9-10-20-37(34)44(28-35)50-43-26-24-33-16-8-12-22-39(33)48(43)41-29-45-40(30-46(41)50)47-38-21-11-7-15-32(38)23-25-42(47)49(45)36-18-5-2-6-19-36/h1-30H. The lowest BCUT2D eigenvalue weighted by Gasteiger charge is -2.15. The van der Waals surface area contributed by atoms with Gasteiger partial charge < -0.3 is 9.13 Å². The Hall–Kier alpha value is -6.64. The average molecular weight is 635 g/mol. The highest BCUT2D eigenvalue weighted by Crippen LogP contribution is 2.44. The first-order valence-electron chi connectivity index (χ1n) is 17.3. The van der Waals surface area contributed by atoms with Crippen LogP contribution in [0.3, 0.4) is 0 Å². The zero-order valence-electron chi connectivity index (χ0n) is 27.2. The van der Waals surface area contributed by atoms with Gasteiger partial charge in [0.2, 0.25) is 0 Å². The van der Waals surface area contributed by atoms with E-state index in [1.807, 2.05) is 0 Å². The Balaban J connectivity index is 1.38. The minimum absolute atomic E-state index is 1.16. The molecule has 0 radical (unpaired) electrons. The molecule has 232 valence electrons. The maximum atomic E-state index is 2.53. The van der Waals surface area contributed by atoms with Gasteiger partial charge >= 0.3 is 0 Å². The molecule has 0 spiro atoms. The Bertz CT molecular complexity index is 3130. The molecule has 0 saturated heterocycles. The minimum atomic E-state index is 1.16. The normalized spacial score (nSPS) is 12.0. The number of rotatable bonds is 3. The van der Waals surface area contributed by atoms with Crippen molar-refractivity contribution in [3.8, 4) is 22.5 Å². The number of nitrogens with zero attached hydrogens (tertiary/aromatic N) is 2. The highest BCUT2D eigenvalue weighted by Gasteiger charge is 2.22. The fourth-order valence-corrected chi connectivity index (χ4v) is 8.45. The molecule has 9 aromatic carbocycles. The number of aromatic nitrogens is 2. The van der Waals surface area contributed by atoms with Gasteiger partial charge in [-0.15, -0.1) is 0 Å². The van der Waals surface area contributed by atoms with Crippen LogP contribution in [0.1, 0.15) is 0 Å². The number of fused-ring (bicyclic) bond motifs is 11. The number of hydrogen-bond donors (Lipinski definition) is 0. The fraction of sp³-hybridized carbons (Fsp3) is 0. The maximum Gasteiger partial charge on any atom is 0.0549 e. The quantitative estimate of drug-likeness (QED) is 0.183. The van der Waals surface area contributed by atoms with Gasteiger partial charge in [0.15, 0.2) is 0 Å². The molecule has 0 fully saturated rings. The summed E-state index contributed by atoms with van der Waals surface area (Å²) in [5.41, 5.74) is 9.63. The van der Waals surface area contributed by atoms with Crippen molar-refractivity contribution < 1.29 is 0 Å². The molecule has 0 aliphatic rings. The topological polar surface area (TPSA) is 9.86 Å². The van der Waals surface area contributed by atoms with Crippen molar-refractivity contribution >= 4 is 75.9 Å². The summed E-state index contributed by atoms with van der Waals surface area (Å²) in [7, 11) is 0. The van der Waals surface area contributed by atoms with E-state index in [0.29, 0.717) is 0 Å². The van der Waals surface area contributed by atoms with Crippen LogP contribution in [0.4, 0.5) is 0 Å². The largest absolute Gasteiger partial charge is 0.309 e. The van der Waals surface area contributed by atoms with Crippen LogP contribution in [0.25, 0.3) is 98.4 Å². The highest BCUT2D eigenvalue weighted by atomic mass is 15.0. The summed E-state index contributed by atoms with van der Waals surface area (Å²) in [5, 5.41) is 12.6. The van der Waals surface area contributed by atoms with Crippen molar-refractivity contribution in [1.29, 1.82) is 0 Å². The van der Waals surface area contributed by atoms with Crippen molar-refractivity contribution in [2.75, 3.05) is 0 Å². The summed E-state index contributed by atoms with van der Waals surface area (Å²) >= 11 is 0. The summed E-state index contributed by atoms with van der Waals surface area (Å²) in [6.07, 6.45) is 0. The predicted molar refractivity (Wildman–Crippen MR) is 213 cm³/mol. The summed E-state index contributed by atoms with van der Waals surface area (Å²) in [4.78, 5) is 0. The van der Waals surface area contributed by atoms with E-state index in [1.54, 1.807) is 0 Å². The molecular formula is C48H30N2. The molecular weight excluding hydrogens is 605 g/mol. The Morgan fingerprint density at radius 1 is 0.280 bits per heavy atom. The molecule has 0 aliphatic heterocycles. The van der Waals surface area contributed by atoms with Crippen molar-refractivity contribution in [2.24, 2.45) is 0 Å². The second-order valence-electron chi connectivity index (χ2n) is 13.3. The van der Waals surface area contributed by atoms with Gasteiger partial charge in [0, 0.05) is 32.6 Å². The summed E-state index contributed by atoms with van der Waals surface area (Å²) in [6, 6.07) is 66.8. The molecule has 11 rings (SSSR count). The van der Waals surface area contributed by atoms with E-state index in [9.17, 15) is 0 Å². The Morgan fingerprint density at radius 3 is 1.42 bits per heavy atom. The zero-order chi connectivity index (χ0) is 32.8. The molecule has 50 heavy (non-hydrogen) atoms. The molecule has 2 aromatic heterocycles. The summed E-state index contributed by atoms with van der Waals surface area (Å²) in [6.45, 7) is 0. The van der Waals surface area contributed by atoms with E-state index in [0.717, 1.165) is 5.69 Å². The smallest absolute Gasteiger partial charge is 0.0549 e. The minimum Gasteiger partial charge on any atom is -0.309 e. The van der Waals surface area contributed by atoms with Crippen LogP contribution in [-0.2, 0) is 0 Å². The molecule has 0 atom stereocenters. The van der Waals surface area contributed by atoms with Gasteiger partial charge in [-0.3, -0.25) is 0 Å². The molecule has 0 unspecified atom stereocenters. The second kappa shape index (κ2) is 10.4. The SMILES string of the molecule is c1ccc(-c2cc(-n3c4cc5c6c7ccccc7ccc6n(-c6ccccc6)c5cc4c4c5ccccc5ccc43)c3ccccc3c2)cc1. The Kier molecular flexibility index (Phi) is 5.70. The monoisotopic (exact) mass is 634 g/mol. The van der Waals surface area contributed by atoms with Crippen LogP contribution in [0.5, 0.6) is 0 Å². The first-order valence-corrected chi connectivity index (χ1v) is 17.3. The van der Waals surface area contributed by atoms with E-state index in [4.69, 9.17) is 0 Å². The molecule has 0 aliphatic carbocycles. The van der Waals surface area contributed by atoms with E-state index in [2.05, 4.69) is 191 Å². The predicted octanol–water partition coefficient (Wildman–Crippen LogP) is 13.0. The van der Waals surface area contributed by atoms with E-state index in [-0.39, 0.29) is 0 Å². The molecule has 0 saturated carbocycles. The lowest BCUT2D eigenvalue weighted by molar-refractivity contribution is 1.18. The van der Waals surface area contributed by atoms with Crippen LogP contribution in [-0.4, -0.2) is 9.13 Å². The average Bonchev–Trinajstić information content (AvgIpc) is 3.69. The Labute approximate surface area is 288 Å². The van der Waals surface area contributed by atoms with Crippen LogP contribution in [0, 0.1) is 0 Å². The van der Waals surface area contributed by atoms with Crippen LogP contribution >= 0.6 is 0 Å². The van der Waals surface area contributed by atoms with Crippen LogP contribution in [0.2, 0.25) is 0 Å². The number of para-hydroxylation sites is 1. The lowest BCUT2D eigenvalue weighted by atomic mass is 9.99. The second-order valence-corrected chi connectivity index (χ2v) is 13.3. The summed E-state index contributed by atoms with van der Waals surface area (Å²) in [5.74, 6) is 0. The van der Waals surface area contributed by atoms with Gasteiger partial charge in [-0.2, -0.15) is 0 Å². The van der Waals surface area contributed by atoms with Gasteiger partial charge in [-0.05, 0) is 86.6 Å². The maximum absolute atomic E-state index is 2.53. The third kappa shape index (κ3) is 3.85. The van der Waals surface area contributed by atoms with Gasteiger partial charge in [0.1, 0.15) is 0 Å². The Morgan fingerprint density at radius 2 is 0.780 bits per heavy atom. The van der Waals surface area contributed by atoms with Crippen molar-refractivity contribution in [3.05, 3.63) is 182 Å². The molecule has 2 heterocycles. The molecule has 0 amide bonds. The van der Waals surface area contributed by atoms with Crippen molar-refractivity contribution in [2.45, 2.75) is 0 Å². The molecule has 0 bridgehead atoms. The van der Waals surface area contributed by atoms with Gasteiger partial charge in [0.05, 0.1) is 27.8 Å². The molecule has 2 heteroatoms. The van der Waals surface area contributed by atoms with Gasteiger partial charge in [-0.25, -0.2) is 0 Å². The third-order valence-electron chi connectivity index (χ3n) is 10.6. The van der Waals surface area contributed by atoms with Gasteiger partial charge in [-0.1, -0.05) is 133 Å². The first-order chi connectivity index (χ1) is 24.8. The van der Waals surface area contributed by atoms with Crippen molar-refractivity contribution in [3.63, 3.8) is 0 Å². The van der Waals surface area contributed by atoms with Crippen LogP contribution < -0.4 is 0 Å². The molecule has 2 nitrogen and oxygen atoms in total. The lowest BCUT2D eigenvalue weighted by Crippen LogP contribution is -1.97.